The van der Waals surface area contributed by atoms with E-state index in [1.165, 1.54) is 0 Å². The van der Waals surface area contributed by atoms with Gasteiger partial charge in [-0.25, -0.2) is 0 Å². The van der Waals surface area contributed by atoms with Crippen LogP contribution in [0.5, 0.6) is 0 Å². The monoisotopic (exact) mass is 358 g/mol. The Bertz CT molecular complexity index is 575. The predicted octanol–water partition coefficient (Wildman–Crippen LogP) is 4.87. The second-order valence-corrected chi connectivity index (χ2v) is 5.79. The van der Waals surface area contributed by atoms with E-state index in [4.69, 9.17) is 28.9 Å². The molecule has 1 unspecified atom stereocenters. The number of hydrogen-bond acceptors (Lipinski definition) is 2. The van der Waals surface area contributed by atoms with Gasteiger partial charge in [0, 0.05) is 16.7 Å². The van der Waals surface area contributed by atoms with Gasteiger partial charge in [-0.15, -0.1) is 0 Å². The number of benzene rings is 2. The molecular weight excluding hydrogens is 347 g/mol. The predicted molar refractivity (Wildman–Crippen MR) is 86.0 cm³/mol. The Morgan fingerprint density at radius 3 is 2.58 bits per heavy atom. The molecular formula is C14H13BrCl2N2. The van der Waals surface area contributed by atoms with Crippen molar-refractivity contribution in [2.24, 2.45) is 5.73 Å². The van der Waals surface area contributed by atoms with Gasteiger partial charge in [-0.3, -0.25) is 0 Å². The third kappa shape index (κ3) is 3.63. The third-order valence-corrected chi connectivity index (χ3v) is 4.08. The van der Waals surface area contributed by atoms with Crippen LogP contribution in [-0.2, 0) is 0 Å². The molecule has 0 fully saturated rings. The zero-order valence-corrected chi connectivity index (χ0v) is 13.1. The fourth-order valence-corrected chi connectivity index (χ4v) is 2.67. The largest absolute Gasteiger partial charge is 0.377 e. The number of rotatable bonds is 4. The average molecular weight is 360 g/mol. The van der Waals surface area contributed by atoms with E-state index in [1.807, 2.05) is 36.4 Å². The SMILES string of the molecule is NCC(Nc1cccc(Br)c1)c1cccc(Cl)c1Cl. The van der Waals surface area contributed by atoms with Crippen molar-refractivity contribution < 1.29 is 0 Å². The number of nitrogens with one attached hydrogen (secondary N) is 1. The van der Waals surface area contributed by atoms with Crippen molar-refractivity contribution in [2.75, 3.05) is 11.9 Å². The van der Waals surface area contributed by atoms with Crippen molar-refractivity contribution in [1.82, 2.24) is 0 Å². The second-order valence-electron chi connectivity index (χ2n) is 4.09. The summed E-state index contributed by atoms with van der Waals surface area (Å²) in [7, 11) is 0. The number of halogens is 3. The first-order valence-corrected chi connectivity index (χ1v) is 7.33. The van der Waals surface area contributed by atoms with Gasteiger partial charge in [0.15, 0.2) is 0 Å². The summed E-state index contributed by atoms with van der Waals surface area (Å²) in [5.74, 6) is 0. The maximum absolute atomic E-state index is 6.23. The Morgan fingerprint density at radius 1 is 1.16 bits per heavy atom. The molecule has 19 heavy (non-hydrogen) atoms. The van der Waals surface area contributed by atoms with Crippen LogP contribution in [0.25, 0.3) is 0 Å². The van der Waals surface area contributed by atoms with Crippen LogP contribution in [0.2, 0.25) is 10.0 Å². The molecule has 0 saturated heterocycles. The van der Waals surface area contributed by atoms with Gasteiger partial charge < -0.3 is 11.1 Å². The Morgan fingerprint density at radius 2 is 1.89 bits per heavy atom. The smallest absolute Gasteiger partial charge is 0.0651 e. The highest BCUT2D eigenvalue weighted by atomic mass is 79.9. The summed E-state index contributed by atoms with van der Waals surface area (Å²) in [5, 5.41) is 4.44. The maximum atomic E-state index is 6.23. The van der Waals surface area contributed by atoms with Gasteiger partial charge in [0.1, 0.15) is 0 Å². The molecule has 0 bridgehead atoms. The van der Waals surface area contributed by atoms with Crippen LogP contribution in [0.3, 0.4) is 0 Å². The minimum absolute atomic E-state index is 0.0829. The molecule has 0 radical (unpaired) electrons. The molecule has 2 nitrogen and oxygen atoms in total. The van der Waals surface area contributed by atoms with Gasteiger partial charge >= 0.3 is 0 Å². The van der Waals surface area contributed by atoms with Crippen molar-refractivity contribution in [3.05, 3.63) is 62.5 Å². The molecule has 5 heteroatoms. The summed E-state index contributed by atoms with van der Waals surface area (Å²) in [4.78, 5) is 0. The first kappa shape index (κ1) is 14.7. The van der Waals surface area contributed by atoms with Crippen LogP contribution in [0, 0.1) is 0 Å². The van der Waals surface area contributed by atoms with E-state index in [9.17, 15) is 0 Å². The van der Waals surface area contributed by atoms with Crippen molar-refractivity contribution in [2.45, 2.75) is 6.04 Å². The van der Waals surface area contributed by atoms with Gasteiger partial charge in [-0.1, -0.05) is 57.3 Å². The van der Waals surface area contributed by atoms with E-state index in [2.05, 4.69) is 21.2 Å². The van der Waals surface area contributed by atoms with Gasteiger partial charge in [0.25, 0.3) is 0 Å². The summed E-state index contributed by atoms with van der Waals surface area (Å²) in [6.07, 6.45) is 0. The molecule has 3 N–H and O–H groups in total. The van der Waals surface area contributed by atoms with Crippen LogP contribution in [0.15, 0.2) is 46.9 Å². The second kappa shape index (κ2) is 6.62. The van der Waals surface area contributed by atoms with E-state index in [-0.39, 0.29) is 6.04 Å². The molecule has 2 rings (SSSR count). The lowest BCUT2D eigenvalue weighted by atomic mass is 10.1. The molecule has 100 valence electrons. The van der Waals surface area contributed by atoms with E-state index >= 15 is 0 Å². The fraction of sp³-hybridized carbons (Fsp3) is 0.143. The minimum atomic E-state index is -0.0829. The molecule has 0 aromatic heterocycles. The van der Waals surface area contributed by atoms with Crippen LogP contribution in [0.4, 0.5) is 5.69 Å². The Hall–Kier alpha value is -0.740. The average Bonchev–Trinajstić information content (AvgIpc) is 2.40. The van der Waals surface area contributed by atoms with Crippen LogP contribution >= 0.6 is 39.1 Å². The van der Waals surface area contributed by atoms with Gasteiger partial charge in [0.05, 0.1) is 16.1 Å². The molecule has 2 aromatic rings. The highest BCUT2D eigenvalue weighted by molar-refractivity contribution is 9.10. The highest BCUT2D eigenvalue weighted by Gasteiger charge is 2.14. The molecule has 2 aromatic carbocycles. The number of nitrogens with two attached hydrogens (primary N) is 1. The van der Waals surface area contributed by atoms with Crippen molar-refractivity contribution >= 4 is 44.8 Å². The van der Waals surface area contributed by atoms with Gasteiger partial charge in [0.2, 0.25) is 0 Å². The van der Waals surface area contributed by atoms with Crippen LogP contribution in [-0.4, -0.2) is 6.54 Å². The van der Waals surface area contributed by atoms with Crippen LogP contribution in [0.1, 0.15) is 11.6 Å². The first-order chi connectivity index (χ1) is 9.11. The summed E-state index contributed by atoms with van der Waals surface area (Å²) in [6.45, 7) is 0.423. The fourth-order valence-electron chi connectivity index (χ4n) is 1.83. The molecule has 0 aliphatic rings. The lowest BCUT2D eigenvalue weighted by Gasteiger charge is -2.20. The normalized spacial score (nSPS) is 12.2. The Kier molecular flexibility index (Phi) is 5.11. The molecule has 0 amide bonds. The standard InChI is InChI=1S/C14H13BrCl2N2/c15-9-3-1-4-10(7-9)19-13(8-18)11-5-2-6-12(16)14(11)17/h1-7,13,19H,8,18H2. The van der Waals surface area contributed by atoms with E-state index < -0.39 is 0 Å². The maximum Gasteiger partial charge on any atom is 0.0651 e. The van der Waals surface area contributed by atoms with E-state index in [0.29, 0.717) is 16.6 Å². The lowest BCUT2D eigenvalue weighted by molar-refractivity contribution is 0.790. The topological polar surface area (TPSA) is 38.0 Å². The van der Waals surface area contributed by atoms with Crippen molar-refractivity contribution in [3.63, 3.8) is 0 Å². The summed E-state index contributed by atoms with van der Waals surface area (Å²) >= 11 is 15.7. The van der Waals surface area contributed by atoms with Gasteiger partial charge in [-0.2, -0.15) is 0 Å². The minimum Gasteiger partial charge on any atom is -0.377 e. The van der Waals surface area contributed by atoms with Crippen molar-refractivity contribution in [1.29, 1.82) is 0 Å². The zero-order chi connectivity index (χ0) is 13.8. The summed E-state index contributed by atoms with van der Waals surface area (Å²) < 4.78 is 1.01. The quantitative estimate of drug-likeness (QED) is 0.817. The molecule has 0 spiro atoms. The number of hydrogen-bond donors (Lipinski definition) is 2. The Balaban J connectivity index is 2.28. The first-order valence-electron chi connectivity index (χ1n) is 5.78. The lowest BCUT2D eigenvalue weighted by Crippen LogP contribution is -2.21. The highest BCUT2D eigenvalue weighted by Crippen LogP contribution is 2.31. The van der Waals surface area contributed by atoms with Gasteiger partial charge in [-0.05, 0) is 29.8 Å². The number of anilines is 1. The Labute approximate surface area is 131 Å². The zero-order valence-electron chi connectivity index (χ0n) is 10.0. The molecule has 0 saturated carbocycles. The van der Waals surface area contributed by atoms with Crippen molar-refractivity contribution in [3.8, 4) is 0 Å². The molecule has 0 aliphatic carbocycles. The van der Waals surface area contributed by atoms with E-state index in [1.54, 1.807) is 6.07 Å². The molecule has 0 aliphatic heterocycles. The molecule has 1 atom stereocenters. The van der Waals surface area contributed by atoms with E-state index in [0.717, 1.165) is 15.7 Å². The van der Waals surface area contributed by atoms with Crippen LogP contribution < -0.4 is 11.1 Å². The summed E-state index contributed by atoms with van der Waals surface area (Å²) in [5.41, 5.74) is 7.71. The third-order valence-electron chi connectivity index (χ3n) is 2.76. The molecule has 0 heterocycles. The summed E-state index contributed by atoms with van der Waals surface area (Å²) in [6, 6.07) is 13.4.